The van der Waals surface area contributed by atoms with Crippen LogP contribution in [0, 0.1) is 5.92 Å². The van der Waals surface area contributed by atoms with Gasteiger partial charge in [0.1, 0.15) is 11.5 Å². The first-order valence-electron chi connectivity index (χ1n) is 12.4. The molecular weight excluding hydrogens is 532 g/mol. The second-order valence-electron chi connectivity index (χ2n) is 8.70. The molecule has 9 heteroatoms. The lowest BCUT2D eigenvalue weighted by atomic mass is 10.0. The maximum atomic E-state index is 13.2. The number of allylic oxidation sites excluding steroid dienone is 8. The van der Waals surface area contributed by atoms with Crippen LogP contribution in [0.1, 0.15) is 27.9 Å². The quantitative estimate of drug-likeness (QED) is 0.254. The van der Waals surface area contributed by atoms with E-state index in [0.29, 0.717) is 34.1 Å². The molecule has 2 aromatic carbocycles. The third-order valence-corrected chi connectivity index (χ3v) is 7.47. The van der Waals surface area contributed by atoms with Gasteiger partial charge in [-0.05, 0) is 41.7 Å². The third-order valence-electron chi connectivity index (χ3n) is 6.22. The SMILES string of the molecule is COc1cc(OCC(=O)O)c(/C=C/C(=O)c2cc(OC)c(OC)c(OC)c2)cc1C1=CC2C=C/C=C\C/C=C\2S1. The van der Waals surface area contributed by atoms with Crippen LogP contribution in [0.25, 0.3) is 11.0 Å². The van der Waals surface area contributed by atoms with Gasteiger partial charge < -0.3 is 28.8 Å². The van der Waals surface area contributed by atoms with Crippen LogP contribution in [0.2, 0.25) is 0 Å². The van der Waals surface area contributed by atoms with Crippen molar-refractivity contribution in [1.29, 1.82) is 0 Å². The van der Waals surface area contributed by atoms with Gasteiger partial charge in [-0.15, -0.1) is 0 Å². The number of carbonyl (C=O) groups is 2. The molecule has 0 amide bonds. The van der Waals surface area contributed by atoms with E-state index in [1.54, 1.807) is 43.1 Å². The fourth-order valence-corrected chi connectivity index (χ4v) is 5.49. The molecule has 1 aliphatic carbocycles. The maximum absolute atomic E-state index is 13.2. The molecule has 2 aliphatic rings. The van der Waals surface area contributed by atoms with Gasteiger partial charge in [0, 0.05) is 33.6 Å². The van der Waals surface area contributed by atoms with E-state index in [1.165, 1.54) is 32.3 Å². The van der Waals surface area contributed by atoms with Crippen molar-refractivity contribution in [3.8, 4) is 28.7 Å². The molecule has 40 heavy (non-hydrogen) atoms. The van der Waals surface area contributed by atoms with Crippen LogP contribution < -0.4 is 23.7 Å². The molecule has 0 fully saturated rings. The minimum absolute atomic E-state index is 0.151. The van der Waals surface area contributed by atoms with Crippen LogP contribution >= 0.6 is 11.8 Å². The van der Waals surface area contributed by atoms with Gasteiger partial charge in [0.15, 0.2) is 23.9 Å². The van der Waals surface area contributed by atoms with E-state index >= 15 is 0 Å². The molecule has 8 nitrogen and oxygen atoms in total. The van der Waals surface area contributed by atoms with Crippen LogP contribution in [0.3, 0.4) is 0 Å². The zero-order valence-electron chi connectivity index (χ0n) is 22.6. The summed E-state index contributed by atoms with van der Waals surface area (Å²) < 4.78 is 27.3. The van der Waals surface area contributed by atoms with Crippen LogP contribution in [-0.4, -0.2) is 51.9 Å². The molecule has 208 valence electrons. The van der Waals surface area contributed by atoms with Gasteiger partial charge in [-0.25, -0.2) is 4.79 Å². The minimum atomic E-state index is -1.12. The Morgan fingerprint density at radius 3 is 2.33 bits per heavy atom. The predicted octanol–water partition coefficient (Wildman–Crippen LogP) is 6.18. The summed E-state index contributed by atoms with van der Waals surface area (Å²) in [7, 11) is 5.99. The number of rotatable bonds is 11. The van der Waals surface area contributed by atoms with E-state index < -0.39 is 12.6 Å². The normalized spacial score (nSPS) is 18.1. The molecule has 0 saturated heterocycles. The third kappa shape index (κ3) is 6.43. The number of hydrogen-bond acceptors (Lipinski definition) is 8. The van der Waals surface area contributed by atoms with Gasteiger partial charge in [0.2, 0.25) is 5.75 Å². The van der Waals surface area contributed by atoms with Crippen LogP contribution in [0.15, 0.2) is 71.7 Å². The van der Waals surface area contributed by atoms with Gasteiger partial charge >= 0.3 is 5.97 Å². The highest BCUT2D eigenvalue weighted by molar-refractivity contribution is 8.12. The lowest BCUT2D eigenvalue weighted by molar-refractivity contribution is -0.139. The molecular formula is C31H30O8S. The largest absolute Gasteiger partial charge is 0.496 e. The van der Waals surface area contributed by atoms with E-state index in [9.17, 15) is 14.7 Å². The Kier molecular flexibility index (Phi) is 9.39. The standard InChI is InChI=1S/C31H30O8S/c1-35-25-17-24(39-18-30(33)34)19(13-22(25)29-16-20-9-7-5-6-8-10-28(20)40-29)11-12-23(32)21-14-26(36-2)31(38-4)27(15-21)37-3/h5-7,9-17,20H,8,18H2,1-4H3,(H,33,34)/b6-5-,9-7?,12-11+,28-10+. The molecule has 0 spiro atoms. The first-order valence-corrected chi connectivity index (χ1v) is 13.2. The summed E-state index contributed by atoms with van der Waals surface area (Å²) in [4.78, 5) is 26.7. The Hall–Kier alpha value is -4.37. The van der Waals surface area contributed by atoms with Crippen molar-refractivity contribution in [2.24, 2.45) is 5.92 Å². The van der Waals surface area contributed by atoms with Crippen molar-refractivity contribution in [1.82, 2.24) is 0 Å². The average Bonchev–Trinajstić information content (AvgIpc) is 3.34. The molecule has 1 N–H and O–H groups in total. The highest BCUT2D eigenvalue weighted by Gasteiger charge is 2.25. The summed E-state index contributed by atoms with van der Waals surface area (Å²) in [6.07, 6.45) is 16.5. The number of carboxylic acid groups (broad SMARTS) is 1. The zero-order chi connectivity index (χ0) is 28.6. The number of benzene rings is 2. The Labute approximate surface area is 237 Å². The minimum Gasteiger partial charge on any atom is -0.496 e. The number of thioether (sulfide) groups is 1. The molecule has 2 aromatic rings. The van der Waals surface area contributed by atoms with Crippen molar-refractivity contribution in [2.75, 3.05) is 35.0 Å². The predicted molar refractivity (Wildman–Crippen MR) is 156 cm³/mol. The first-order chi connectivity index (χ1) is 19.4. The summed E-state index contributed by atoms with van der Waals surface area (Å²) in [6, 6.07) is 6.63. The Bertz CT molecular complexity index is 1420. The molecule has 1 unspecified atom stereocenters. The lowest BCUT2D eigenvalue weighted by Crippen LogP contribution is -2.10. The highest BCUT2D eigenvalue weighted by atomic mass is 32.2. The van der Waals surface area contributed by atoms with Crippen molar-refractivity contribution >= 4 is 34.5 Å². The lowest BCUT2D eigenvalue weighted by Gasteiger charge is -2.15. The number of fused-ring (bicyclic) bond motifs is 1. The number of carboxylic acids is 1. The zero-order valence-corrected chi connectivity index (χ0v) is 23.4. The van der Waals surface area contributed by atoms with Gasteiger partial charge in [-0.3, -0.25) is 4.79 Å². The van der Waals surface area contributed by atoms with E-state index in [1.807, 2.05) is 18.2 Å². The number of methoxy groups -OCH3 is 4. The average molecular weight is 563 g/mol. The second kappa shape index (κ2) is 13.1. The van der Waals surface area contributed by atoms with Crippen molar-refractivity contribution < 1.29 is 38.4 Å². The van der Waals surface area contributed by atoms with Crippen molar-refractivity contribution in [3.05, 3.63) is 88.4 Å². The van der Waals surface area contributed by atoms with Gasteiger partial charge in [0.05, 0.1) is 28.4 Å². The number of hydrogen-bond donors (Lipinski definition) is 1. The molecule has 0 bridgehead atoms. The van der Waals surface area contributed by atoms with Crippen LogP contribution in [0.4, 0.5) is 0 Å². The van der Waals surface area contributed by atoms with Crippen molar-refractivity contribution in [2.45, 2.75) is 6.42 Å². The van der Waals surface area contributed by atoms with E-state index in [-0.39, 0.29) is 17.5 Å². The Balaban J connectivity index is 1.73. The number of aliphatic carboxylic acids is 1. The summed E-state index contributed by atoms with van der Waals surface area (Å²) in [5.74, 6) is 0.600. The molecule has 0 aromatic heterocycles. The fourth-order valence-electron chi connectivity index (χ4n) is 4.29. The van der Waals surface area contributed by atoms with Gasteiger partial charge in [-0.1, -0.05) is 48.2 Å². The number of ether oxygens (including phenoxy) is 5. The number of carbonyl (C=O) groups excluding carboxylic acids is 1. The summed E-state index contributed by atoms with van der Waals surface area (Å²) in [6.45, 7) is -0.547. The smallest absolute Gasteiger partial charge is 0.341 e. The van der Waals surface area contributed by atoms with E-state index in [0.717, 1.165) is 16.9 Å². The van der Waals surface area contributed by atoms with E-state index in [4.69, 9.17) is 23.7 Å². The molecule has 4 rings (SSSR count). The highest BCUT2D eigenvalue weighted by Crippen LogP contribution is 2.50. The summed E-state index contributed by atoms with van der Waals surface area (Å²) in [5.41, 5.74) is 1.66. The Morgan fingerprint density at radius 1 is 0.950 bits per heavy atom. The maximum Gasteiger partial charge on any atom is 0.341 e. The second-order valence-corrected chi connectivity index (χ2v) is 9.81. The molecule has 0 radical (unpaired) electrons. The summed E-state index contributed by atoms with van der Waals surface area (Å²) >= 11 is 1.66. The first kappa shape index (κ1) is 28.6. The van der Waals surface area contributed by atoms with E-state index in [2.05, 4.69) is 24.3 Å². The fraction of sp³-hybridized carbons (Fsp3) is 0.226. The Morgan fingerprint density at radius 2 is 1.68 bits per heavy atom. The van der Waals surface area contributed by atoms with Crippen LogP contribution in [-0.2, 0) is 4.79 Å². The van der Waals surface area contributed by atoms with Gasteiger partial charge in [0.25, 0.3) is 0 Å². The molecule has 1 atom stereocenters. The number of ketones is 1. The summed E-state index contributed by atoms with van der Waals surface area (Å²) in [5, 5.41) is 9.20. The van der Waals surface area contributed by atoms with Gasteiger partial charge in [-0.2, -0.15) is 0 Å². The van der Waals surface area contributed by atoms with Crippen LogP contribution in [0.5, 0.6) is 28.7 Å². The van der Waals surface area contributed by atoms with Crippen molar-refractivity contribution in [3.63, 3.8) is 0 Å². The molecule has 0 saturated carbocycles. The molecule has 1 aliphatic heterocycles. The topological polar surface area (TPSA) is 101 Å². The molecule has 1 heterocycles. The monoisotopic (exact) mass is 562 g/mol.